The second-order valence-corrected chi connectivity index (χ2v) is 11.9. The van der Waals surface area contributed by atoms with E-state index < -0.39 is 54.3 Å². The topological polar surface area (TPSA) is 106 Å². The molecule has 2 saturated heterocycles. The van der Waals surface area contributed by atoms with Gasteiger partial charge in [-0.15, -0.1) is 0 Å². The summed E-state index contributed by atoms with van der Waals surface area (Å²) >= 11 is 0. The molecule has 1 aromatic heterocycles. The minimum absolute atomic E-state index is 0.00409. The average Bonchev–Trinajstić information content (AvgIpc) is 3.63. The van der Waals surface area contributed by atoms with Gasteiger partial charge < -0.3 is 29.4 Å². The number of fused-ring (bicyclic) bond motifs is 1. The summed E-state index contributed by atoms with van der Waals surface area (Å²) in [5.74, 6) is -3.10. The maximum absolute atomic E-state index is 14.0. The summed E-state index contributed by atoms with van der Waals surface area (Å²) in [5.41, 5.74) is 0.946. The van der Waals surface area contributed by atoms with Crippen LogP contribution in [-0.2, 0) is 21.6 Å². The molecule has 9 nitrogen and oxygen atoms in total. The molecule has 2 N–H and O–H groups in total. The smallest absolute Gasteiger partial charge is 0.410 e. The quantitative estimate of drug-likeness (QED) is 0.284. The highest BCUT2D eigenvalue weighted by Gasteiger charge is 2.53. The van der Waals surface area contributed by atoms with Crippen LogP contribution < -0.4 is 10.6 Å². The number of benzene rings is 2. The average molecular weight is 637 g/mol. The number of hydrogen-bond acceptors (Lipinski definition) is 6. The van der Waals surface area contributed by atoms with Crippen molar-refractivity contribution in [1.29, 1.82) is 0 Å². The second-order valence-electron chi connectivity index (χ2n) is 11.9. The fourth-order valence-electron chi connectivity index (χ4n) is 6.55. The molecule has 3 heterocycles. The third-order valence-electron chi connectivity index (χ3n) is 9.07. The van der Waals surface area contributed by atoms with Crippen LogP contribution in [0, 0.1) is 5.92 Å². The predicted octanol–water partition coefficient (Wildman–Crippen LogP) is 6.58. The first-order valence-electron chi connectivity index (χ1n) is 14.9. The van der Waals surface area contributed by atoms with Crippen LogP contribution in [0.2, 0.25) is 0 Å². The van der Waals surface area contributed by atoms with Crippen LogP contribution in [0.1, 0.15) is 61.6 Å². The first-order valence-corrected chi connectivity index (χ1v) is 14.9. The Morgan fingerprint density at radius 1 is 1.09 bits per heavy atom. The third-order valence-corrected chi connectivity index (χ3v) is 9.07. The molecule has 2 atom stereocenters. The van der Waals surface area contributed by atoms with Crippen molar-refractivity contribution in [3.05, 3.63) is 65.5 Å². The molecular weight excluding hydrogens is 603 g/mol. The van der Waals surface area contributed by atoms with Gasteiger partial charge in [-0.2, -0.15) is 13.2 Å². The first-order chi connectivity index (χ1) is 21.4. The molecular formula is C31H33F5N4O5. The highest BCUT2D eigenvalue weighted by atomic mass is 19.4. The van der Waals surface area contributed by atoms with Crippen LogP contribution in [0.25, 0.3) is 11.1 Å². The Hall–Kier alpha value is -3.94. The van der Waals surface area contributed by atoms with Crippen LogP contribution in [0.5, 0.6) is 0 Å². The number of amides is 3. The zero-order valence-electron chi connectivity index (χ0n) is 24.2. The SMILES string of the molecule is O=C(N[C@H](c1nc2cc(C3(N4C[C@@H](C(F)(F)F)NC4=O)CCOCC3)ccc2o1)C1CCC(F)(F)CC1)OCc1ccccc1. The monoisotopic (exact) mass is 636 g/mol. The highest BCUT2D eigenvalue weighted by Crippen LogP contribution is 2.44. The summed E-state index contributed by atoms with van der Waals surface area (Å²) in [6.45, 7) is -0.0596. The molecule has 3 aliphatic rings. The Bertz CT molecular complexity index is 1520. The first kappa shape index (κ1) is 31.1. The van der Waals surface area contributed by atoms with Crippen molar-refractivity contribution >= 4 is 23.2 Å². The van der Waals surface area contributed by atoms with Crippen molar-refractivity contribution in [2.24, 2.45) is 5.92 Å². The van der Waals surface area contributed by atoms with Crippen LogP contribution in [0.3, 0.4) is 0 Å². The van der Waals surface area contributed by atoms with Gasteiger partial charge in [0.05, 0.1) is 12.1 Å². The molecule has 2 aromatic carbocycles. The third kappa shape index (κ3) is 6.56. The number of oxazole rings is 1. The summed E-state index contributed by atoms with van der Waals surface area (Å²) < 4.78 is 85.6. The Labute approximate surface area is 255 Å². The van der Waals surface area contributed by atoms with Crippen molar-refractivity contribution in [2.75, 3.05) is 19.8 Å². The summed E-state index contributed by atoms with van der Waals surface area (Å²) in [6.07, 6.45) is -5.27. The molecule has 0 radical (unpaired) electrons. The highest BCUT2D eigenvalue weighted by molar-refractivity contribution is 5.79. The van der Waals surface area contributed by atoms with Gasteiger partial charge in [-0.05, 0) is 54.9 Å². The summed E-state index contributed by atoms with van der Waals surface area (Å²) in [4.78, 5) is 31.6. The maximum atomic E-state index is 14.0. The van der Waals surface area contributed by atoms with Gasteiger partial charge >= 0.3 is 18.3 Å². The maximum Gasteiger partial charge on any atom is 0.410 e. The van der Waals surface area contributed by atoms with Crippen molar-refractivity contribution in [2.45, 2.75) is 74.9 Å². The number of urea groups is 1. The van der Waals surface area contributed by atoms with E-state index in [0.717, 1.165) is 5.56 Å². The Morgan fingerprint density at radius 2 is 1.80 bits per heavy atom. The van der Waals surface area contributed by atoms with E-state index in [0.29, 0.717) is 16.7 Å². The molecule has 45 heavy (non-hydrogen) atoms. The number of rotatable bonds is 7. The molecule has 2 aliphatic heterocycles. The van der Waals surface area contributed by atoms with Crippen molar-refractivity contribution in [3.8, 4) is 0 Å². The standard InChI is InChI=1S/C31H33F5N4O5/c32-30(33)10-8-20(9-11-30)25(39-28(42)44-18-19-4-2-1-3-5-19)26-37-22-16-21(6-7-23(22)45-26)29(12-14-43-15-13-29)40-17-24(31(34,35)36)38-27(40)41/h1-7,16,20,24-25H,8-15,17-18H2,(H,38,41)(H,39,42)/t24-,25-/m0/s1. The lowest BCUT2D eigenvalue weighted by Gasteiger charge is -2.44. The van der Waals surface area contributed by atoms with Gasteiger partial charge in [0, 0.05) is 26.1 Å². The van der Waals surface area contributed by atoms with Gasteiger partial charge in [0.2, 0.25) is 11.8 Å². The lowest BCUT2D eigenvalue weighted by Crippen LogP contribution is -2.51. The van der Waals surface area contributed by atoms with E-state index in [1.54, 1.807) is 30.3 Å². The van der Waals surface area contributed by atoms with Crippen molar-refractivity contribution in [1.82, 2.24) is 20.5 Å². The van der Waals surface area contributed by atoms with E-state index in [1.165, 1.54) is 4.90 Å². The van der Waals surface area contributed by atoms with E-state index in [4.69, 9.17) is 13.9 Å². The van der Waals surface area contributed by atoms with Crippen LogP contribution in [0.4, 0.5) is 31.5 Å². The van der Waals surface area contributed by atoms with E-state index in [9.17, 15) is 31.5 Å². The lowest BCUT2D eigenvalue weighted by atomic mass is 9.81. The molecule has 6 rings (SSSR count). The van der Waals surface area contributed by atoms with Gasteiger partial charge in [-0.3, -0.25) is 0 Å². The number of carbonyl (C=O) groups is 2. The summed E-state index contributed by atoms with van der Waals surface area (Å²) in [5, 5.41) is 4.82. The van der Waals surface area contributed by atoms with E-state index >= 15 is 0 Å². The number of ether oxygens (including phenoxy) is 2. The van der Waals surface area contributed by atoms with Crippen molar-refractivity contribution < 1.29 is 45.4 Å². The largest absolute Gasteiger partial charge is 0.445 e. The van der Waals surface area contributed by atoms with E-state index in [2.05, 4.69) is 15.6 Å². The fraction of sp³-hybridized carbons (Fsp3) is 0.516. The minimum atomic E-state index is -4.60. The van der Waals surface area contributed by atoms with Gasteiger partial charge in [0.15, 0.2) is 5.58 Å². The molecule has 242 valence electrons. The molecule has 0 bridgehead atoms. The molecule has 1 aliphatic carbocycles. The number of alkyl halides is 5. The van der Waals surface area contributed by atoms with Gasteiger partial charge in [-0.1, -0.05) is 36.4 Å². The van der Waals surface area contributed by atoms with Gasteiger partial charge in [0.25, 0.3) is 0 Å². The van der Waals surface area contributed by atoms with Crippen LogP contribution in [0.15, 0.2) is 52.9 Å². The van der Waals surface area contributed by atoms with Gasteiger partial charge in [-0.25, -0.2) is 23.4 Å². The molecule has 3 amide bonds. The zero-order chi connectivity index (χ0) is 31.8. The number of carbonyl (C=O) groups excluding carboxylic acids is 2. The van der Waals surface area contributed by atoms with E-state index in [-0.39, 0.29) is 64.2 Å². The lowest BCUT2D eigenvalue weighted by molar-refractivity contribution is -0.151. The van der Waals surface area contributed by atoms with Gasteiger partial charge in [0.1, 0.15) is 24.2 Å². The Balaban J connectivity index is 1.29. The fourth-order valence-corrected chi connectivity index (χ4v) is 6.55. The van der Waals surface area contributed by atoms with Crippen LogP contribution >= 0.6 is 0 Å². The number of aromatic nitrogens is 1. The molecule has 0 spiro atoms. The number of nitrogens with one attached hydrogen (secondary N) is 2. The number of nitrogens with zero attached hydrogens (tertiary/aromatic N) is 2. The molecule has 3 aromatic rings. The second kappa shape index (κ2) is 12.1. The summed E-state index contributed by atoms with van der Waals surface area (Å²) in [6, 6.07) is 10.3. The van der Waals surface area contributed by atoms with E-state index in [1.807, 2.05) is 18.2 Å². The van der Waals surface area contributed by atoms with Crippen molar-refractivity contribution in [3.63, 3.8) is 0 Å². The molecule has 1 saturated carbocycles. The molecule has 14 heteroatoms. The Morgan fingerprint density at radius 3 is 2.47 bits per heavy atom. The number of hydrogen-bond donors (Lipinski definition) is 2. The molecule has 0 unspecified atom stereocenters. The normalized spacial score (nSPS) is 22.6. The Kier molecular flexibility index (Phi) is 8.35. The minimum Gasteiger partial charge on any atom is -0.445 e. The summed E-state index contributed by atoms with van der Waals surface area (Å²) in [7, 11) is 0. The number of halogens is 5. The predicted molar refractivity (Wildman–Crippen MR) is 150 cm³/mol. The zero-order valence-corrected chi connectivity index (χ0v) is 24.2. The number of alkyl carbamates (subject to hydrolysis) is 1. The molecule has 3 fully saturated rings. The van der Waals surface area contributed by atoms with Crippen LogP contribution in [-0.4, -0.2) is 59.9 Å².